The van der Waals surface area contributed by atoms with E-state index in [0.717, 1.165) is 21.3 Å². The van der Waals surface area contributed by atoms with Crippen LogP contribution in [0.1, 0.15) is 43.8 Å². The average molecular weight is 572 g/mol. The lowest BCUT2D eigenvalue weighted by Crippen LogP contribution is -2.39. The predicted molar refractivity (Wildman–Crippen MR) is 157 cm³/mol. The number of carbonyl (C=O) groups is 3. The van der Waals surface area contributed by atoms with Crippen LogP contribution in [0.4, 0.5) is 0 Å². The largest absolute Gasteiger partial charge is 0.492 e. The zero-order valence-electron chi connectivity index (χ0n) is 23.2. The van der Waals surface area contributed by atoms with Crippen molar-refractivity contribution < 1.29 is 19.1 Å². The minimum atomic E-state index is -0.404. The summed E-state index contributed by atoms with van der Waals surface area (Å²) in [5, 5.41) is 8.50. The maximum atomic E-state index is 13.5. The fraction of sp³-hybridized carbons (Fsp3) is 0.355. The Morgan fingerprint density at radius 2 is 1.80 bits per heavy atom. The Kier molecular flexibility index (Phi) is 7.49. The Morgan fingerprint density at radius 1 is 0.976 bits per heavy atom. The van der Waals surface area contributed by atoms with Crippen LogP contribution in [0.2, 0.25) is 0 Å². The molecule has 0 unspecified atom stereocenters. The fourth-order valence-electron chi connectivity index (χ4n) is 5.68. The molecule has 3 amide bonds. The van der Waals surface area contributed by atoms with Crippen LogP contribution < -0.4 is 10.1 Å². The molecule has 2 bridgehead atoms. The molecule has 6 rings (SSSR count). The van der Waals surface area contributed by atoms with Crippen molar-refractivity contribution in [3.05, 3.63) is 82.5 Å². The molecule has 0 aliphatic carbocycles. The zero-order valence-corrected chi connectivity index (χ0v) is 24.0. The number of rotatable bonds is 2. The van der Waals surface area contributed by atoms with Crippen molar-refractivity contribution in [1.29, 1.82) is 0 Å². The van der Waals surface area contributed by atoms with Crippen LogP contribution in [0.5, 0.6) is 5.75 Å². The molecule has 1 saturated heterocycles. The Balaban J connectivity index is 1.21. The molecule has 1 fully saturated rings. The highest BCUT2D eigenvalue weighted by Gasteiger charge is 2.41. The molecule has 2 aliphatic heterocycles. The second kappa shape index (κ2) is 11.4. The Hall–Kier alpha value is -4.18. The SMILES string of the molecule is Cc1cc(C(=O)N2C[C@@H]3C(=O)NCCCN(C(=O)c4cc5ccccc5s4)CCOc4cccc(c4)[C@H]3C2)nn1C. The first kappa shape index (κ1) is 27.0. The van der Waals surface area contributed by atoms with Gasteiger partial charge >= 0.3 is 0 Å². The Labute approximate surface area is 242 Å². The van der Waals surface area contributed by atoms with Gasteiger partial charge in [0.2, 0.25) is 5.91 Å². The predicted octanol–water partition coefficient (Wildman–Crippen LogP) is 3.84. The lowest BCUT2D eigenvalue weighted by atomic mass is 9.88. The smallest absolute Gasteiger partial charge is 0.274 e. The van der Waals surface area contributed by atoms with Crippen molar-refractivity contribution in [3.63, 3.8) is 0 Å². The molecule has 0 saturated carbocycles. The molecule has 0 radical (unpaired) electrons. The van der Waals surface area contributed by atoms with E-state index in [2.05, 4.69) is 10.4 Å². The third-order valence-electron chi connectivity index (χ3n) is 8.02. The Bertz CT molecular complexity index is 1560. The van der Waals surface area contributed by atoms with E-state index in [4.69, 9.17) is 4.74 Å². The van der Waals surface area contributed by atoms with Crippen LogP contribution in [0.3, 0.4) is 0 Å². The van der Waals surface area contributed by atoms with Crippen molar-refractivity contribution in [2.45, 2.75) is 19.3 Å². The number of benzene rings is 2. The van der Waals surface area contributed by atoms with Crippen LogP contribution in [0, 0.1) is 12.8 Å². The van der Waals surface area contributed by atoms with Crippen LogP contribution in [0.15, 0.2) is 60.7 Å². The highest BCUT2D eigenvalue weighted by Crippen LogP contribution is 2.35. The van der Waals surface area contributed by atoms with E-state index in [1.807, 2.05) is 68.6 Å². The molecular weight excluding hydrogens is 538 g/mol. The third kappa shape index (κ3) is 5.56. The average Bonchev–Trinajstić information content (AvgIpc) is 3.70. The lowest BCUT2D eigenvalue weighted by Gasteiger charge is -2.24. The van der Waals surface area contributed by atoms with Gasteiger partial charge in [-0.3, -0.25) is 19.1 Å². The quantitative estimate of drug-likeness (QED) is 0.395. The second-order valence-corrected chi connectivity index (χ2v) is 11.8. The first-order chi connectivity index (χ1) is 19.9. The summed E-state index contributed by atoms with van der Waals surface area (Å²) in [6.45, 7) is 4.36. The summed E-state index contributed by atoms with van der Waals surface area (Å²) in [7, 11) is 1.81. The lowest BCUT2D eigenvalue weighted by molar-refractivity contribution is -0.124. The van der Waals surface area contributed by atoms with Gasteiger partial charge in [-0.05, 0) is 54.6 Å². The molecule has 1 N–H and O–H groups in total. The number of amides is 3. The molecule has 10 heteroatoms. The summed E-state index contributed by atoms with van der Waals surface area (Å²) in [5.74, 6) is -0.183. The molecule has 4 aromatic rings. The number of hydrogen-bond acceptors (Lipinski definition) is 6. The number of likely N-dealkylation sites (tertiary alicyclic amines) is 1. The van der Waals surface area contributed by atoms with Crippen molar-refractivity contribution in [2.75, 3.05) is 39.3 Å². The number of carbonyl (C=O) groups excluding carboxylic acids is 3. The molecule has 4 heterocycles. The van der Waals surface area contributed by atoms with E-state index < -0.39 is 5.92 Å². The standard InChI is InChI=1S/C31H33N5O4S/c1-20-15-26(33-34(20)2)30(38)36-18-24-21-8-5-9-23(16-21)40-14-13-35(12-6-11-32-29(37)25(24)19-36)31(39)28-17-22-7-3-4-10-27(22)41-28/h3-5,7-10,15-17,24-25H,6,11-14,18-19H2,1-2H3,(H,32,37)/t24-,25+/m1/s1. The van der Waals surface area contributed by atoms with E-state index >= 15 is 0 Å². The molecule has 0 spiro atoms. The fourth-order valence-corrected chi connectivity index (χ4v) is 6.71. The van der Waals surface area contributed by atoms with Crippen molar-refractivity contribution in [1.82, 2.24) is 24.9 Å². The van der Waals surface area contributed by atoms with Gasteiger partial charge in [0.25, 0.3) is 11.8 Å². The summed E-state index contributed by atoms with van der Waals surface area (Å²) in [4.78, 5) is 44.5. The van der Waals surface area contributed by atoms with Crippen molar-refractivity contribution in [2.24, 2.45) is 13.0 Å². The number of aryl methyl sites for hydroxylation is 2. The van der Waals surface area contributed by atoms with Crippen molar-refractivity contribution >= 4 is 39.1 Å². The van der Waals surface area contributed by atoms with Gasteiger partial charge in [0.1, 0.15) is 12.4 Å². The first-order valence-electron chi connectivity index (χ1n) is 14.0. The van der Waals surface area contributed by atoms with Gasteiger partial charge in [0.15, 0.2) is 5.69 Å². The van der Waals surface area contributed by atoms with E-state index in [1.165, 1.54) is 11.3 Å². The minimum absolute atomic E-state index is 0.0308. The molecule has 41 heavy (non-hydrogen) atoms. The Morgan fingerprint density at radius 3 is 2.61 bits per heavy atom. The van der Waals surface area contributed by atoms with Gasteiger partial charge in [-0.1, -0.05) is 30.3 Å². The number of fused-ring (bicyclic) bond motifs is 5. The summed E-state index contributed by atoms with van der Waals surface area (Å²) >= 11 is 1.49. The highest BCUT2D eigenvalue weighted by molar-refractivity contribution is 7.20. The maximum absolute atomic E-state index is 13.5. The van der Waals surface area contributed by atoms with E-state index in [-0.39, 0.29) is 23.6 Å². The normalized spacial score (nSPS) is 19.8. The number of aromatic nitrogens is 2. The molecule has 9 nitrogen and oxygen atoms in total. The topological polar surface area (TPSA) is 96.8 Å². The summed E-state index contributed by atoms with van der Waals surface area (Å²) in [6, 6.07) is 19.4. The third-order valence-corrected chi connectivity index (χ3v) is 9.12. The van der Waals surface area contributed by atoms with E-state index in [1.54, 1.807) is 20.5 Å². The van der Waals surface area contributed by atoms with Crippen LogP contribution in [-0.2, 0) is 11.8 Å². The first-order valence-corrected chi connectivity index (χ1v) is 14.8. The molecule has 2 atom stereocenters. The van der Waals surface area contributed by atoms with Gasteiger partial charge in [-0.2, -0.15) is 5.10 Å². The van der Waals surface area contributed by atoms with Crippen molar-refractivity contribution in [3.8, 4) is 5.75 Å². The van der Waals surface area contributed by atoms with Gasteiger partial charge in [-0.15, -0.1) is 11.3 Å². The minimum Gasteiger partial charge on any atom is -0.492 e. The number of thiophene rings is 1. The highest BCUT2D eigenvalue weighted by atomic mass is 32.1. The van der Waals surface area contributed by atoms with Crippen LogP contribution in [-0.4, -0.2) is 76.6 Å². The second-order valence-electron chi connectivity index (χ2n) is 10.7. The maximum Gasteiger partial charge on any atom is 0.274 e. The van der Waals surface area contributed by atoms with Gasteiger partial charge < -0.3 is 19.9 Å². The summed E-state index contributed by atoms with van der Waals surface area (Å²) in [6.07, 6.45) is 0.612. The molecular formula is C31H33N5O4S. The van der Waals surface area contributed by atoms with Gasteiger partial charge in [0, 0.05) is 49.5 Å². The van der Waals surface area contributed by atoms with E-state index in [9.17, 15) is 14.4 Å². The monoisotopic (exact) mass is 571 g/mol. The van der Waals surface area contributed by atoms with Crippen LogP contribution in [0.25, 0.3) is 10.1 Å². The summed E-state index contributed by atoms with van der Waals surface area (Å²) in [5.41, 5.74) is 2.23. The number of nitrogens with one attached hydrogen (secondary N) is 1. The van der Waals surface area contributed by atoms with E-state index in [0.29, 0.717) is 62.1 Å². The zero-order chi connectivity index (χ0) is 28.5. The molecule has 212 valence electrons. The molecule has 2 aliphatic rings. The summed E-state index contributed by atoms with van der Waals surface area (Å²) < 4.78 is 8.88. The number of nitrogens with zero attached hydrogens (tertiary/aromatic N) is 4. The van der Waals surface area contributed by atoms with Gasteiger partial charge in [-0.25, -0.2) is 0 Å². The number of hydrogen-bond donors (Lipinski definition) is 1. The molecule has 2 aromatic heterocycles. The number of ether oxygens (including phenoxy) is 1. The molecule has 2 aromatic carbocycles. The van der Waals surface area contributed by atoms with Gasteiger partial charge in [0.05, 0.1) is 17.3 Å². The van der Waals surface area contributed by atoms with Crippen LogP contribution >= 0.6 is 11.3 Å².